The quantitative estimate of drug-likeness (QED) is 0.883. The number of halogens is 2. The summed E-state index contributed by atoms with van der Waals surface area (Å²) in [6, 6.07) is 4.66. The van der Waals surface area contributed by atoms with Gasteiger partial charge in [-0.1, -0.05) is 23.2 Å². The van der Waals surface area contributed by atoms with Crippen LogP contribution in [-0.2, 0) is 9.53 Å². The van der Waals surface area contributed by atoms with Crippen molar-refractivity contribution in [1.29, 1.82) is 0 Å². The molecule has 1 saturated heterocycles. The minimum Gasteiger partial charge on any atom is -0.379 e. The normalized spacial score (nSPS) is 17.3. The van der Waals surface area contributed by atoms with E-state index in [-0.39, 0.29) is 5.91 Å². The zero-order valence-electron chi connectivity index (χ0n) is 12.5. The number of likely N-dealkylation sites (N-methyl/N-ethyl adjacent to an activating group) is 1. The van der Waals surface area contributed by atoms with Crippen molar-refractivity contribution in [3.05, 3.63) is 33.8 Å². The molecule has 1 heterocycles. The van der Waals surface area contributed by atoms with E-state index in [1.807, 2.05) is 0 Å². The summed E-state index contributed by atoms with van der Waals surface area (Å²) in [5.74, 6) is -0.369. The predicted octanol–water partition coefficient (Wildman–Crippen LogP) is 1.82. The van der Waals surface area contributed by atoms with Crippen molar-refractivity contribution in [1.82, 2.24) is 9.80 Å². The van der Waals surface area contributed by atoms with Gasteiger partial charge in [0.15, 0.2) is 6.10 Å². The molecule has 2 rings (SSSR count). The Morgan fingerprint density at radius 1 is 1.32 bits per heavy atom. The van der Waals surface area contributed by atoms with Crippen LogP contribution in [0.1, 0.15) is 11.7 Å². The second-order valence-electron chi connectivity index (χ2n) is 5.32. The van der Waals surface area contributed by atoms with Crippen molar-refractivity contribution >= 4 is 29.1 Å². The maximum absolute atomic E-state index is 12.3. The highest BCUT2D eigenvalue weighted by Crippen LogP contribution is 2.24. The van der Waals surface area contributed by atoms with Crippen molar-refractivity contribution in [2.45, 2.75) is 6.10 Å². The number of aliphatic hydroxyl groups is 1. The van der Waals surface area contributed by atoms with Gasteiger partial charge in [0, 0.05) is 43.3 Å². The van der Waals surface area contributed by atoms with Crippen LogP contribution < -0.4 is 0 Å². The van der Waals surface area contributed by atoms with Crippen LogP contribution in [0.4, 0.5) is 0 Å². The summed E-state index contributed by atoms with van der Waals surface area (Å²) in [7, 11) is 1.68. The molecule has 0 saturated carbocycles. The van der Waals surface area contributed by atoms with Gasteiger partial charge in [-0.25, -0.2) is 0 Å². The Hall–Kier alpha value is -0.850. The van der Waals surface area contributed by atoms with Gasteiger partial charge >= 0.3 is 0 Å². The van der Waals surface area contributed by atoms with E-state index in [9.17, 15) is 9.90 Å². The molecule has 1 atom stereocenters. The van der Waals surface area contributed by atoms with E-state index >= 15 is 0 Å². The van der Waals surface area contributed by atoms with Gasteiger partial charge in [0.2, 0.25) is 0 Å². The molecular weight excluding hydrogens is 327 g/mol. The lowest BCUT2D eigenvalue weighted by atomic mass is 10.1. The Morgan fingerprint density at radius 2 is 1.91 bits per heavy atom. The Kier molecular flexibility index (Phi) is 6.47. The largest absolute Gasteiger partial charge is 0.379 e. The monoisotopic (exact) mass is 346 g/mol. The standard InChI is InChI=1S/C15H20Cl2N2O3/c1-18(2-3-19-4-6-22-7-5-19)15(21)14(20)11-8-12(16)10-13(17)9-11/h8-10,14,20H,2-7H2,1H3. The Labute approximate surface area is 140 Å². The lowest BCUT2D eigenvalue weighted by molar-refractivity contribution is -0.139. The number of amides is 1. The summed E-state index contributed by atoms with van der Waals surface area (Å²) in [6.07, 6.45) is -1.26. The summed E-state index contributed by atoms with van der Waals surface area (Å²) < 4.78 is 5.29. The minimum atomic E-state index is -1.26. The molecule has 1 aromatic rings. The summed E-state index contributed by atoms with van der Waals surface area (Å²) in [4.78, 5) is 16.0. The SMILES string of the molecule is CN(CCN1CCOCC1)C(=O)C(O)c1cc(Cl)cc(Cl)c1. The van der Waals surface area contributed by atoms with Gasteiger partial charge < -0.3 is 14.7 Å². The maximum Gasteiger partial charge on any atom is 0.255 e. The molecule has 0 aliphatic carbocycles. The van der Waals surface area contributed by atoms with Crippen LogP contribution in [0.25, 0.3) is 0 Å². The fourth-order valence-corrected chi connectivity index (χ4v) is 2.85. The van der Waals surface area contributed by atoms with Crippen molar-refractivity contribution in [2.75, 3.05) is 46.4 Å². The number of rotatable bonds is 5. The predicted molar refractivity (Wildman–Crippen MR) is 86.3 cm³/mol. The number of morpholine rings is 1. The molecule has 0 aromatic heterocycles. The van der Waals surface area contributed by atoms with E-state index in [0.29, 0.717) is 22.2 Å². The number of hydrogen-bond donors (Lipinski definition) is 1. The van der Waals surface area contributed by atoms with Crippen LogP contribution >= 0.6 is 23.2 Å². The lowest BCUT2D eigenvalue weighted by Gasteiger charge is -2.29. The van der Waals surface area contributed by atoms with Gasteiger partial charge in [-0.3, -0.25) is 9.69 Å². The third-order valence-corrected chi connectivity index (χ3v) is 4.10. The van der Waals surface area contributed by atoms with Gasteiger partial charge in [-0.15, -0.1) is 0 Å². The summed E-state index contributed by atoms with van der Waals surface area (Å²) in [5.41, 5.74) is 0.403. The van der Waals surface area contributed by atoms with Crippen LogP contribution in [0.5, 0.6) is 0 Å². The molecular formula is C15H20Cl2N2O3. The van der Waals surface area contributed by atoms with Crippen molar-refractivity contribution in [2.24, 2.45) is 0 Å². The lowest BCUT2D eigenvalue weighted by Crippen LogP contribution is -2.42. The van der Waals surface area contributed by atoms with Gasteiger partial charge in [-0.2, -0.15) is 0 Å². The molecule has 5 nitrogen and oxygen atoms in total. The Balaban J connectivity index is 1.91. The van der Waals surface area contributed by atoms with Crippen LogP contribution in [0.3, 0.4) is 0 Å². The highest BCUT2D eigenvalue weighted by Gasteiger charge is 2.22. The first-order chi connectivity index (χ1) is 10.5. The molecule has 22 heavy (non-hydrogen) atoms. The molecule has 0 bridgehead atoms. The van der Waals surface area contributed by atoms with E-state index in [1.54, 1.807) is 25.2 Å². The third-order valence-electron chi connectivity index (χ3n) is 3.67. The summed E-state index contributed by atoms with van der Waals surface area (Å²) >= 11 is 11.8. The van der Waals surface area contributed by atoms with E-state index in [4.69, 9.17) is 27.9 Å². The molecule has 1 unspecified atom stereocenters. The Morgan fingerprint density at radius 3 is 2.50 bits per heavy atom. The summed E-state index contributed by atoms with van der Waals surface area (Å²) in [6.45, 7) is 4.49. The zero-order chi connectivity index (χ0) is 16.1. The molecule has 122 valence electrons. The number of carbonyl (C=O) groups is 1. The molecule has 1 aliphatic heterocycles. The van der Waals surface area contributed by atoms with E-state index in [2.05, 4.69) is 4.90 Å². The second-order valence-corrected chi connectivity index (χ2v) is 6.19. The molecule has 1 fully saturated rings. The third kappa shape index (κ3) is 4.83. The molecule has 1 aliphatic rings. The van der Waals surface area contributed by atoms with Gasteiger partial charge in [0.25, 0.3) is 5.91 Å². The zero-order valence-corrected chi connectivity index (χ0v) is 14.0. The average Bonchev–Trinajstić information content (AvgIpc) is 2.51. The van der Waals surface area contributed by atoms with Crippen LogP contribution in [0.2, 0.25) is 10.0 Å². The number of ether oxygens (including phenoxy) is 1. The molecule has 0 radical (unpaired) electrons. The first kappa shape index (κ1) is 17.5. The van der Waals surface area contributed by atoms with Crippen molar-refractivity contribution < 1.29 is 14.6 Å². The van der Waals surface area contributed by atoms with E-state index in [0.717, 1.165) is 32.8 Å². The van der Waals surface area contributed by atoms with Crippen LogP contribution in [0.15, 0.2) is 18.2 Å². The number of hydrogen-bond acceptors (Lipinski definition) is 4. The number of nitrogens with zero attached hydrogens (tertiary/aromatic N) is 2. The number of carbonyl (C=O) groups excluding carboxylic acids is 1. The molecule has 1 aromatic carbocycles. The summed E-state index contributed by atoms with van der Waals surface area (Å²) in [5, 5.41) is 11.0. The van der Waals surface area contributed by atoms with E-state index in [1.165, 1.54) is 4.90 Å². The number of aliphatic hydroxyl groups excluding tert-OH is 1. The van der Waals surface area contributed by atoms with Crippen LogP contribution in [-0.4, -0.2) is 67.3 Å². The average molecular weight is 347 g/mol. The topological polar surface area (TPSA) is 53.0 Å². The fraction of sp³-hybridized carbons (Fsp3) is 0.533. The van der Waals surface area contributed by atoms with Crippen LogP contribution in [0, 0.1) is 0 Å². The molecule has 7 heteroatoms. The smallest absolute Gasteiger partial charge is 0.255 e. The molecule has 1 amide bonds. The van der Waals surface area contributed by atoms with Crippen molar-refractivity contribution in [3.8, 4) is 0 Å². The molecule has 1 N–H and O–H groups in total. The fourth-order valence-electron chi connectivity index (χ4n) is 2.31. The maximum atomic E-state index is 12.3. The molecule has 0 spiro atoms. The second kappa shape index (κ2) is 8.13. The van der Waals surface area contributed by atoms with Gasteiger partial charge in [0.05, 0.1) is 13.2 Å². The highest BCUT2D eigenvalue weighted by atomic mass is 35.5. The Bertz CT molecular complexity index is 501. The van der Waals surface area contributed by atoms with E-state index < -0.39 is 6.10 Å². The van der Waals surface area contributed by atoms with Crippen molar-refractivity contribution in [3.63, 3.8) is 0 Å². The highest BCUT2D eigenvalue weighted by molar-refractivity contribution is 6.34. The minimum absolute atomic E-state index is 0.369. The van der Waals surface area contributed by atoms with Gasteiger partial charge in [0.1, 0.15) is 0 Å². The first-order valence-corrected chi connectivity index (χ1v) is 7.92. The first-order valence-electron chi connectivity index (χ1n) is 7.16. The number of benzene rings is 1. The van der Waals surface area contributed by atoms with Gasteiger partial charge in [-0.05, 0) is 23.8 Å².